The van der Waals surface area contributed by atoms with E-state index in [-0.39, 0.29) is 16.2 Å². The van der Waals surface area contributed by atoms with Crippen molar-refractivity contribution in [3.05, 3.63) is 405 Å². The number of anilines is 6. The van der Waals surface area contributed by atoms with Crippen LogP contribution in [0.5, 0.6) is 0 Å². The van der Waals surface area contributed by atoms with E-state index < -0.39 is 0 Å². The number of nitrogen functional groups attached to an aromatic ring is 1. The minimum Gasteiger partial charge on any atom is -0.456 e. The minimum absolute atomic E-state index is 0.00202. The van der Waals surface area contributed by atoms with E-state index in [2.05, 4.69) is 274 Å². The molecule has 560 valence electrons. The van der Waals surface area contributed by atoms with Crippen LogP contribution in [0.2, 0.25) is 15.1 Å². The lowest BCUT2D eigenvalue weighted by Gasteiger charge is -2.29. The van der Waals surface area contributed by atoms with Crippen molar-refractivity contribution in [1.82, 2.24) is 0 Å². The molecule has 0 fully saturated rings. The van der Waals surface area contributed by atoms with Gasteiger partial charge in [0, 0.05) is 74.7 Å². The molecule has 16 aromatic carbocycles. The molecule has 10 heteroatoms. The number of hydrogen-bond donors (Lipinski definition) is 2. The Balaban J connectivity index is 0.000000108. The summed E-state index contributed by atoms with van der Waals surface area (Å²) >= 11 is 22.3. The van der Waals surface area contributed by atoms with Crippen molar-refractivity contribution in [2.24, 2.45) is 0 Å². The first kappa shape index (κ1) is 74.1. The molecule has 0 saturated heterocycles. The highest BCUT2D eigenvalue weighted by Crippen LogP contribution is 2.54. The zero-order chi connectivity index (χ0) is 78.9. The molecule has 0 bridgehead atoms. The predicted octanol–water partition coefficient (Wildman–Crippen LogP) is 31.9. The topological polar surface area (TPSA) is 80.7 Å². The summed E-state index contributed by atoms with van der Waals surface area (Å²) in [5.41, 5.74) is 38.0. The number of rotatable bonds is 7. The fraction of sp³-hybridized carbons (Fsp3) is 0.0857. The maximum absolute atomic E-state index is 6.87. The monoisotopic (exact) mass is 1610 g/mol. The first-order valence-electron chi connectivity index (χ1n) is 38.6. The Kier molecular flexibility index (Phi) is 19.5. The van der Waals surface area contributed by atoms with Gasteiger partial charge in [-0.1, -0.05) is 317 Å². The lowest BCUT2D eigenvalue weighted by molar-refractivity contribution is 0.660. The first-order chi connectivity index (χ1) is 55.8. The van der Waals surface area contributed by atoms with Crippen LogP contribution >= 0.6 is 50.7 Å². The van der Waals surface area contributed by atoms with E-state index >= 15 is 0 Å². The molecule has 115 heavy (non-hydrogen) atoms. The second-order valence-electron chi connectivity index (χ2n) is 31.1. The third-order valence-corrected chi connectivity index (χ3v) is 24.1. The van der Waals surface area contributed by atoms with Crippen LogP contribution in [0.25, 0.3) is 121 Å². The first-order valence-corrected chi connectivity index (χ1v) is 40.6. The second-order valence-corrected chi connectivity index (χ2v) is 33.3. The predicted molar refractivity (Wildman–Crippen MR) is 489 cm³/mol. The molecule has 0 atom stereocenters. The fourth-order valence-corrected chi connectivity index (χ4v) is 18.5. The lowest BCUT2D eigenvalue weighted by atomic mass is 9.82. The number of nitrogens with one attached hydrogen (secondary N) is 1. The highest BCUT2D eigenvalue weighted by Gasteiger charge is 2.38. The summed E-state index contributed by atoms with van der Waals surface area (Å²) in [6, 6.07) is 121. The number of nitrogens with two attached hydrogens (primary N) is 1. The van der Waals surface area contributed by atoms with Gasteiger partial charge in [0.25, 0.3) is 0 Å². The van der Waals surface area contributed by atoms with Gasteiger partial charge in [-0.05, 0) is 216 Å². The van der Waals surface area contributed by atoms with Crippen LogP contribution in [0.1, 0.15) is 74.9 Å². The van der Waals surface area contributed by atoms with Gasteiger partial charge < -0.3 is 29.2 Å². The van der Waals surface area contributed by atoms with Crippen LogP contribution in [0.4, 0.5) is 34.1 Å². The molecule has 3 aliphatic carbocycles. The normalized spacial score (nSPS) is 13.2. The van der Waals surface area contributed by atoms with Crippen molar-refractivity contribution in [3.63, 3.8) is 0 Å². The molecule has 6 nitrogen and oxygen atoms in total. The number of benzene rings is 16. The van der Waals surface area contributed by atoms with E-state index in [4.69, 9.17) is 53.8 Å². The van der Waals surface area contributed by atoms with Gasteiger partial charge >= 0.3 is 0 Å². The number of halogens is 4. The number of furan rings is 3. The maximum atomic E-state index is 6.87. The van der Waals surface area contributed by atoms with Crippen molar-refractivity contribution < 1.29 is 13.3 Å². The van der Waals surface area contributed by atoms with E-state index in [1.807, 2.05) is 140 Å². The van der Waals surface area contributed by atoms with E-state index in [9.17, 15) is 0 Å². The standard InChI is InChI=1S/C39H28ClNO.C27H21NO.C15H13Br.C12H8Cl2.C12H9NO/c1-39(2)33-15-8-6-13-30(33)31-20-19-28(24-34(31)39)41(29-22-26(21-27(40)23-29)25-11-4-3-5-12-25)35-16-10-18-37-38(35)32-14-7-9-17-36(32)42-37;1-27(2)21-10-5-3-8-18(21)19-15-14-17(16-22(19)27)28-23-11-7-13-25-26(23)20-9-4-6-12-24(20)29-25;1-15(2)13-6-4-3-5-11(13)12-8-7-10(16)9-14(12)15;13-11-6-10(7-12(14)8-11)9-4-2-1-3-5-9;13-9-5-3-7-11-12(9)8-4-1-2-6-10(8)14-11/h3-24H,1-2H3;3-16,28H,1-2H3;3-9H,1-2H3;1-8H;1-7H,13H2. The van der Waals surface area contributed by atoms with Gasteiger partial charge in [-0.3, -0.25) is 0 Å². The third kappa shape index (κ3) is 13.8. The van der Waals surface area contributed by atoms with Crippen molar-refractivity contribution >= 4 is 151 Å². The van der Waals surface area contributed by atoms with Gasteiger partial charge in [-0.15, -0.1) is 0 Å². The number of fused-ring (bicyclic) bond motifs is 18. The molecule has 3 N–H and O–H groups in total. The molecule has 0 saturated carbocycles. The average Bonchev–Trinajstić information content (AvgIpc) is 1.58. The van der Waals surface area contributed by atoms with Gasteiger partial charge in [-0.2, -0.15) is 0 Å². The van der Waals surface area contributed by atoms with Crippen molar-refractivity contribution in [2.45, 2.75) is 57.8 Å². The molecule has 0 radical (unpaired) electrons. The van der Waals surface area contributed by atoms with Gasteiger partial charge in [0.15, 0.2) is 0 Å². The van der Waals surface area contributed by atoms with E-state index in [1.165, 1.54) is 66.8 Å². The van der Waals surface area contributed by atoms with Gasteiger partial charge in [0.1, 0.15) is 33.5 Å². The average molecular weight is 1620 g/mol. The summed E-state index contributed by atoms with van der Waals surface area (Å²) in [4.78, 5) is 2.34. The molecule has 0 amide bonds. The summed E-state index contributed by atoms with van der Waals surface area (Å²) in [6.07, 6.45) is 0. The molecule has 19 aromatic rings. The number of para-hydroxylation sites is 3. The van der Waals surface area contributed by atoms with Gasteiger partial charge in [-0.25, -0.2) is 0 Å². The Morgan fingerprint density at radius 2 is 0.687 bits per heavy atom. The van der Waals surface area contributed by atoms with E-state index in [0.717, 1.165) is 127 Å². The highest BCUT2D eigenvalue weighted by atomic mass is 79.9. The SMILES string of the molecule is CC1(C)c2ccccc2-c2ccc(Br)cc21.CC1(C)c2ccccc2-c2ccc(N(c3cc(Cl)cc(-c4ccccc4)c3)c3cccc4oc5ccccc5c34)cc21.CC1(C)c2ccccc2-c2ccc(Nc3cccc4oc5ccccc5c34)cc21.Clc1cc(Cl)cc(-c2ccccc2)c1.Nc1cccc2oc3ccccc3c12. The Hall–Kier alpha value is -12.3. The summed E-state index contributed by atoms with van der Waals surface area (Å²) < 4.78 is 19.2. The Labute approximate surface area is 692 Å². The molecule has 3 aromatic heterocycles. The van der Waals surface area contributed by atoms with Gasteiger partial charge in [0.05, 0.1) is 27.5 Å². The second kappa shape index (κ2) is 30.2. The van der Waals surface area contributed by atoms with Crippen molar-refractivity contribution in [2.75, 3.05) is 16.0 Å². The quantitative estimate of drug-likeness (QED) is 0.155. The van der Waals surface area contributed by atoms with Crippen LogP contribution < -0.4 is 16.0 Å². The van der Waals surface area contributed by atoms with Crippen LogP contribution in [-0.2, 0) is 16.2 Å². The third-order valence-electron chi connectivity index (χ3n) is 22.9. The van der Waals surface area contributed by atoms with Crippen LogP contribution in [-0.4, -0.2) is 0 Å². The lowest BCUT2D eigenvalue weighted by Crippen LogP contribution is -2.16. The van der Waals surface area contributed by atoms with Crippen LogP contribution in [0.15, 0.2) is 370 Å². The smallest absolute Gasteiger partial charge is 0.137 e. The summed E-state index contributed by atoms with van der Waals surface area (Å²) in [5, 5.41) is 12.2. The number of nitrogens with zero attached hydrogens (tertiary/aromatic N) is 1. The fourth-order valence-electron chi connectivity index (χ4n) is 17.3. The molecular weight excluding hydrogens is 1540 g/mol. The van der Waals surface area contributed by atoms with E-state index in [0.29, 0.717) is 15.1 Å². The zero-order valence-corrected chi connectivity index (χ0v) is 68.1. The molecule has 0 unspecified atom stereocenters. The maximum Gasteiger partial charge on any atom is 0.137 e. The summed E-state index contributed by atoms with van der Waals surface area (Å²) in [7, 11) is 0. The Morgan fingerprint density at radius 3 is 1.23 bits per heavy atom. The zero-order valence-electron chi connectivity index (χ0n) is 64.2. The molecule has 22 rings (SSSR count). The largest absolute Gasteiger partial charge is 0.456 e. The number of hydrogen-bond acceptors (Lipinski definition) is 6. The van der Waals surface area contributed by atoms with Gasteiger partial charge in [0.2, 0.25) is 0 Å². The van der Waals surface area contributed by atoms with Crippen LogP contribution in [0.3, 0.4) is 0 Å². The molecule has 3 aliphatic rings. The highest BCUT2D eigenvalue weighted by molar-refractivity contribution is 9.10. The Morgan fingerprint density at radius 1 is 0.296 bits per heavy atom. The molecule has 3 heterocycles. The van der Waals surface area contributed by atoms with Crippen molar-refractivity contribution in [3.8, 4) is 55.6 Å². The Bertz CT molecular complexity index is 6930. The molecule has 0 spiro atoms. The van der Waals surface area contributed by atoms with Crippen LogP contribution in [0, 0.1) is 0 Å². The summed E-state index contributed by atoms with van der Waals surface area (Å²) in [5.74, 6) is 0. The molecular formula is C105H79BrCl3N3O3. The van der Waals surface area contributed by atoms with E-state index in [1.54, 1.807) is 6.07 Å². The minimum atomic E-state index is -0.120. The van der Waals surface area contributed by atoms with Crippen molar-refractivity contribution in [1.29, 1.82) is 0 Å². The summed E-state index contributed by atoms with van der Waals surface area (Å²) in [6.45, 7) is 13.9. The molecule has 0 aliphatic heterocycles.